The number of halogens is 3. The number of hydrogen-bond donors (Lipinski definition) is 2. The molecule has 0 atom stereocenters. The van der Waals surface area contributed by atoms with Crippen molar-refractivity contribution in [2.45, 2.75) is 25.9 Å². The normalized spacial score (nSPS) is 11.2. The van der Waals surface area contributed by atoms with Crippen LogP contribution < -0.4 is 10.6 Å². The standard InChI is InChI=1S/C11H15F3N4O2/c1-2-6-15-9-4-3-8(18(19)20)10(17-9)16-7-5-11(12,13)14/h3-4H,2,5-7H2,1H3,(H2,15,16,17). The van der Waals surface area contributed by atoms with Gasteiger partial charge in [-0.25, -0.2) is 4.98 Å². The Balaban J connectivity index is 2.80. The quantitative estimate of drug-likeness (QED) is 0.596. The Bertz CT molecular complexity index is 465. The molecular formula is C11H15F3N4O2. The van der Waals surface area contributed by atoms with E-state index in [9.17, 15) is 23.3 Å². The minimum absolute atomic E-state index is 0.166. The van der Waals surface area contributed by atoms with Gasteiger partial charge in [-0.1, -0.05) is 6.92 Å². The Morgan fingerprint density at radius 3 is 2.55 bits per heavy atom. The predicted molar refractivity (Wildman–Crippen MR) is 68.8 cm³/mol. The van der Waals surface area contributed by atoms with Crippen molar-refractivity contribution in [1.82, 2.24) is 4.98 Å². The Morgan fingerprint density at radius 1 is 1.30 bits per heavy atom. The van der Waals surface area contributed by atoms with E-state index in [-0.39, 0.29) is 11.5 Å². The molecule has 9 heteroatoms. The minimum Gasteiger partial charge on any atom is -0.370 e. The molecule has 2 N–H and O–H groups in total. The number of alkyl halides is 3. The van der Waals surface area contributed by atoms with Crippen LogP contribution in [0, 0.1) is 10.1 Å². The predicted octanol–water partition coefficient (Wildman–Crippen LogP) is 3.18. The molecule has 112 valence electrons. The van der Waals surface area contributed by atoms with Crippen molar-refractivity contribution in [3.63, 3.8) is 0 Å². The number of rotatable bonds is 7. The van der Waals surface area contributed by atoms with Crippen molar-refractivity contribution in [2.75, 3.05) is 23.7 Å². The smallest absolute Gasteiger partial charge is 0.370 e. The summed E-state index contributed by atoms with van der Waals surface area (Å²) in [6.07, 6.45) is -4.58. The highest BCUT2D eigenvalue weighted by Gasteiger charge is 2.27. The van der Waals surface area contributed by atoms with Crippen LogP contribution in [-0.4, -0.2) is 29.2 Å². The van der Waals surface area contributed by atoms with E-state index >= 15 is 0 Å². The third kappa shape index (κ3) is 5.29. The summed E-state index contributed by atoms with van der Waals surface area (Å²) in [5.41, 5.74) is -0.353. The third-order valence-corrected chi connectivity index (χ3v) is 2.33. The van der Waals surface area contributed by atoms with Gasteiger partial charge in [-0.05, 0) is 12.5 Å². The number of nitrogens with zero attached hydrogens (tertiary/aromatic N) is 2. The van der Waals surface area contributed by atoms with E-state index in [1.165, 1.54) is 12.1 Å². The first kappa shape index (κ1) is 16.0. The molecule has 0 bridgehead atoms. The Kier molecular flexibility index (Phi) is 5.53. The lowest BCUT2D eigenvalue weighted by molar-refractivity contribution is -0.384. The van der Waals surface area contributed by atoms with Crippen LogP contribution in [0.25, 0.3) is 0 Å². The molecule has 0 radical (unpaired) electrons. The Labute approximate surface area is 113 Å². The second-order valence-corrected chi connectivity index (χ2v) is 4.04. The molecule has 6 nitrogen and oxygen atoms in total. The molecule has 1 heterocycles. The molecule has 0 amide bonds. The molecular weight excluding hydrogens is 277 g/mol. The van der Waals surface area contributed by atoms with Crippen molar-refractivity contribution in [1.29, 1.82) is 0 Å². The van der Waals surface area contributed by atoms with Gasteiger partial charge in [-0.3, -0.25) is 10.1 Å². The summed E-state index contributed by atoms with van der Waals surface area (Å²) in [6.45, 7) is 2.09. The lowest BCUT2D eigenvalue weighted by Gasteiger charge is -2.10. The van der Waals surface area contributed by atoms with E-state index in [4.69, 9.17) is 0 Å². The lowest BCUT2D eigenvalue weighted by atomic mass is 10.3. The van der Waals surface area contributed by atoms with Gasteiger partial charge in [0.25, 0.3) is 0 Å². The largest absolute Gasteiger partial charge is 0.390 e. The topological polar surface area (TPSA) is 80.1 Å². The number of aromatic nitrogens is 1. The summed E-state index contributed by atoms with van der Waals surface area (Å²) in [7, 11) is 0. The van der Waals surface area contributed by atoms with E-state index in [1.54, 1.807) is 0 Å². The van der Waals surface area contributed by atoms with E-state index in [0.717, 1.165) is 6.42 Å². The van der Waals surface area contributed by atoms with E-state index < -0.39 is 24.1 Å². The SMILES string of the molecule is CCCNc1ccc([N+](=O)[O-])c(NCCC(F)(F)F)n1. The first-order chi connectivity index (χ1) is 9.33. The van der Waals surface area contributed by atoms with Crippen molar-refractivity contribution < 1.29 is 18.1 Å². The van der Waals surface area contributed by atoms with Crippen LogP contribution in [0.1, 0.15) is 19.8 Å². The highest BCUT2D eigenvalue weighted by molar-refractivity contribution is 5.60. The van der Waals surface area contributed by atoms with Gasteiger partial charge in [-0.2, -0.15) is 13.2 Å². The fourth-order valence-corrected chi connectivity index (χ4v) is 1.40. The van der Waals surface area contributed by atoms with Crippen molar-refractivity contribution in [3.8, 4) is 0 Å². The fraction of sp³-hybridized carbons (Fsp3) is 0.545. The monoisotopic (exact) mass is 292 g/mol. The molecule has 0 aliphatic rings. The molecule has 0 unspecified atom stereocenters. The maximum absolute atomic E-state index is 12.1. The van der Waals surface area contributed by atoms with Crippen molar-refractivity contribution in [3.05, 3.63) is 22.2 Å². The molecule has 1 aromatic rings. The van der Waals surface area contributed by atoms with Crippen LogP contribution in [0.5, 0.6) is 0 Å². The number of hydrogen-bond acceptors (Lipinski definition) is 5. The summed E-state index contributed by atoms with van der Waals surface area (Å²) in [5, 5.41) is 16.1. The van der Waals surface area contributed by atoms with Gasteiger partial charge in [0.2, 0.25) is 5.82 Å². The van der Waals surface area contributed by atoms with Crippen molar-refractivity contribution in [2.24, 2.45) is 0 Å². The fourth-order valence-electron chi connectivity index (χ4n) is 1.40. The van der Waals surface area contributed by atoms with Gasteiger partial charge < -0.3 is 10.6 Å². The molecule has 0 aromatic carbocycles. The van der Waals surface area contributed by atoms with Crippen LogP contribution in [0.3, 0.4) is 0 Å². The molecule has 0 saturated heterocycles. The number of pyridine rings is 1. The number of anilines is 2. The molecule has 1 aromatic heterocycles. The molecule has 0 fully saturated rings. The second kappa shape index (κ2) is 6.92. The first-order valence-electron chi connectivity index (χ1n) is 6.03. The van der Waals surface area contributed by atoms with Gasteiger partial charge in [-0.15, -0.1) is 0 Å². The molecule has 20 heavy (non-hydrogen) atoms. The summed E-state index contributed by atoms with van der Waals surface area (Å²) >= 11 is 0. The maximum atomic E-state index is 12.1. The minimum atomic E-state index is -4.32. The Morgan fingerprint density at radius 2 is 2.00 bits per heavy atom. The summed E-state index contributed by atoms with van der Waals surface area (Å²) in [5.74, 6) is 0.215. The maximum Gasteiger partial charge on any atom is 0.390 e. The molecule has 0 aliphatic carbocycles. The third-order valence-electron chi connectivity index (χ3n) is 2.33. The summed E-state index contributed by atoms with van der Waals surface area (Å²) < 4.78 is 36.2. The first-order valence-corrected chi connectivity index (χ1v) is 6.03. The molecule has 0 aliphatic heterocycles. The zero-order valence-electron chi connectivity index (χ0n) is 10.8. The van der Waals surface area contributed by atoms with Crippen molar-refractivity contribution >= 4 is 17.3 Å². The average Bonchev–Trinajstić information content (AvgIpc) is 2.34. The van der Waals surface area contributed by atoms with Gasteiger partial charge >= 0.3 is 11.9 Å². The van der Waals surface area contributed by atoms with E-state index in [0.29, 0.717) is 12.4 Å². The number of nitrogens with one attached hydrogen (secondary N) is 2. The van der Waals surface area contributed by atoms with Gasteiger partial charge in [0, 0.05) is 19.2 Å². The lowest BCUT2D eigenvalue weighted by Crippen LogP contribution is -2.16. The number of nitro groups is 1. The summed E-state index contributed by atoms with van der Waals surface area (Å²) in [4.78, 5) is 14.0. The zero-order chi connectivity index (χ0) is 15.2. The summed E-state index contributed by atoms with van der Waals surface area (Å²) in [6, 6.07) is 2.63. The molecule has 0 spiro atoms. The average molecular weight is 292 g/mol. The van der Waals surface area contributed by atoms with E-state index in [1.807, 2.05) is 6.92 Å². The van der Waals surface area contributed by atoms with Crippen LogP contribution in [0.4, 0.5) is 30.5 Å². The molecule has 1 rings (SSSR count). The highest BCUT2D eigenvalue weighted by Crippen LogP contribution is 2.25. The van der Waals surface area contributed by atoms with Gasteiger partial charge in [0.15, 0.2) is 0 Å². The van der Waals surface area contributed by atoms with Crippen LogP contribution in [0.2, 0.25) is 0 Å². The van der Waals surface area contributed by atoms with Crippen LogP contribution in [0.15, 0.2) is 12.1 Å². The van der Waals surface area contributed by atoms with Crippen LogP contribution in [-0.2, 0) is 0 Å². The molecule has 0 saturated carbocycles. The zero-order valence-corrected chi connectivity index (χ0v) is 10.8. The van der Waals surface area contributed by atoms with Gasteiger partial charge in [0.1, 0.15) is 5.82 Å². The second-order valence-electron chi connectivity index (χ2n) is 4.04. The highest BCUT2D eigenvalue weighted by atomic mass is 19.4. The van der Waals surface area contributed by atoms with Crippen LogP contribution >= 0.6 is 0 Å². The van der Waals surface area contributed by atoms with Gasteiger partial charge in [0.05, 0.1) is 11.3 Å². The Hall–Kier alpha value is -2.06. The van der Waals surface area contributed by atoms with E-state index in [2.05, 4.69) is 15.6 Å².